The molecule has 0 spiro atoms. The van der Waals surface area contributed by atoms with E-state index in [9.17, 15) is 5.11 Å². The third-order valence-electron chi connectivity index (χ3n) is 8.01. The Balaban J connectivity index is 1.26. The molecule has 4 bridgehead atoms. The van der Waals surface area contributed by atoms with Gasteiger partial charge in [0, 0.05) is 11.8 Å². The zero-order valence-electron chi connectivity index (χ0n) is 17.9. The molecule has 0 aliphatic heterocycles. The van der Waals surface area contributed by atoms with E-state index in [-0.39, 0.29) is 0 Å². The average molecular weight is 408 g/mol. The first kappa shape index (κ1) is 18.9. The molecular weight excluding hydrogens is 378 g/mol. The predicted molar refractivity (Wildman–Crippen MR) is 127 cm³/mol. The minimum absolute atomic E-state index is 0.318. The Morgan fingerprint density at radius 2 is 1.35 bits per heavy atom. The average Bonchev–Trinajstić information content (AvgIpc) is 2.78. The fourth-order valence-electron chi connectivity index (χ4n) is 6.97. The van der Waals surface area contributed by atoms with Crippen molar-refractivity contribution < 1.29 is 5.11 Å². The van der Waals surface area contributed by atoms with Gasteiger partial charge in [-0.05, 0) is 103 Å². The topological polar surface area (TPSA) is 32.6 Å². The van der Waals surface area contributed by atoms with Gasteiger partial charge in [-0.15, -0.1) is 0 Å². The maximum atomic E-state index is 10.5. The fraction of sp³-hybridized carbons (Fsp3) is 0.345. The van der Waals surface area contributed by atoms with E-state index < -0.39 is 0 Å². The summed E-state index contributed by atoms with van der Waals surface area (Å²) in [6, 6.07) is 24.9. The molecule has 4 fully saturated rings. The molecule has 0 atom stereocenters. The lowest BCUT2D eigenvalue weighted by Gasteiger charge is -2.57. The quantitative estimate of drug-likeness (QED) is 0.453. The second-order valence-electron chi connectivity index (χ2n) is 10.1. The van der Waals surface area contributed by atoms with E-state index in [2.05, 4.69) is 53.5 Å². The van der Waals surface area contributed by atoms with Crippen LogP contribution in [0.4, 0.5) is 5.69 Å². The van der Waals surface area contributed by atoms with Crippen LogP contribution in [0.1, 0.15) is 49.7 Å². The third-order valence-corrected chi connectivity index (χ3v) is 8.01. The van der Waals surface area contributed by atoms with Crippen molar-refractivity contribution in [3.05, 3.63) is 83.9 Å². The van der Waals surface area contributed by atoms with E-state index in [1.54, 1.807) is 0 Å². The summed E-state index contributed by atoms with van der Waals surface area (Å²) in [6.07, 6.45) is 10.2. The van der Waals surface area contributed by atoms with Crippen molar-refractivity contribution in [2.75, 3.05) is 0 Å². The van der Waals surface area contributed by atoms with Crippen molar-refractivity contribution in [3.8, 4) is 16.9 Å². The Kier molecular flexibility index (Phi) is 4.49. The van der Waals surface area contributed by atoms with Gasteiger partial charge in [0.25, 0.3) is 0 Å². The van der Waals surface area contributed by atoms with Crippen molar-refractivity contribution in [1.82, 2.24) is 0 Å². The van der Waals surface area contributed by atoms with Crippen LogP contribution in [-0.4, -0.2) is 11.3 Å². The van der Waals surface area contributed by atoms with Gasteiger partial charge < -0.3 is 5.11 Å². The molecule has 0 heterocycles. The first-order valence-corrected chi connectivity index (χ1v) is 11.7. The molecule has 7 rings (SSSR count). The lowest BCUT2D eigenvalue weighted by Crippen LogP contribution is -2.48. The highest BCUT2D eigenvalue weighted by molar-refractivity contribution is 5.86. The molecule has 0 aromatic heterocycles. The smallest absolute Gasteiger partial charge is 0.124 e. The maximum absolute atomic E-state index is 10.5. The van der Waals surface area contributed by atoms with Crippen molar-refractivity contribution in [2.24, 2.45) is 22.7 Å². The van der Waals surface area contributed by atoms with Gasteiger partial charge in [-0.25, -0.2) is 0 Å². The van der Waals surface area contributed by atoms with Gasteiger partial charge in [-0.3, -0.25) is 4.99 Å². The molecular formula is C29H29NO. The van der Waals surface area contributed by atoms with Gasteiger partial charge in [0.05, 0.1) is 5.69 Å². The van der Waals surface area contributed by atoms with Crippen LogP contribution in [0.25, 0.3) is 11.1 Å². The molecule has 4 aliphatic carbocycles. The molecule has 2 heteroatoms. The van der Waals surface area contributed by atoms with E-state index in [4.69, 9.17) is 0 Å². The second-order valence-corrected chi connectivity index (χ2v) is 10.1. The van der Waals surface area contributed by atoms with Crippen LogP contribution in [0.15, 0.2) is 77.8 Å². The molecule has 4 aliphatic rings. The lowest BCUT2D eigenvalue weighted by molar-refractivity contribution is -0.00520. The first-order valence-electron chi connectivity index (χ1n) is 11.7. The molecule has 0 saturated heterocycles. The number of phenolic OH excluding ortho intramolecular Hbond substituents is 1. The SMILES string of the molecule is Oc1ccc(C23CC4CC(CC(C4)C2)C3)cc1C=Nc1ccc(-c2ccccc2)cc1. The Bertz CT molecular complexity index is 1080. The van der Waals surface area contributed by atoms with E-state index in [0.717, 1.165) is 29.0 Å². The van der Waals surface area contributed by atoms with Crippen molar-refractivity contribution in [1.29, 1.82) is 0 Å². The molecule has 3 aromatic rings. The number of benzene rings is 3. The van der Waals surface area contributed by atoms with E-state index in [1.165, 1.54) is 55.2 Å². The molecule has 0 amide bonds. The molecule has 31 heavy (non-hydrogen) atoms. The van der Waals surface area contributed by atoms with Gasteiger partial charge in [-0.1, -0.05) is 48.5 Å². The highest BCUT2D eigenvalue weighted by Gasteiger charge is 2.51. The summed E-state index contributed by atoms with van der Waals surface area (Å²) in [6.45, 7) is 0. The van der Waals surface area contributed by atoms with E-state index in [0.29, 0.717) is 11.2 Å². The third kappa shape index (κ3) is 3.48. The number of rotatable bonds is 4. The summed E-state index contributed by atoms with van der Waals surface area (Å²) in [5.74, 6) is 3.07. The van der Waals surface area contributed by atoms with Gasteiger partial charge in [0.1, 0.15) is 5.75 Å². The van der Waals surface area contributed by atoms with Gasteiger partial charge in [-0.2, -0.15) is 0 Å². The Morgan fingerprint density at radius 3 is 2.00 bits per heavy atom. The van der Waals surface area contributed by atoms with Crippen molar-refractivity contribution >= 4 is 11.9 Å². The molecule has 1 N–H and O–H groups in total. The Hall–Kier alpha value is -2.87. The normalized spacial score (nSPS) is 29.0. The molecule has 0 unspecified atom stereocenters. The summed E-state index contributed by atoms with van der Waals surface area (Å²) >= 11 is 0. The zero-order valence-corrected chi connectivity index (χ0v) is 17.9. The van der Waals surface area contributed by atoms with Crippen LogP contribution in [0.5, 0.6) is 5.75 Å². The summed E-state index contributed by atoms with van der Waals surface area (Å²) < 4.78 is 0. The Labute approximate surface area is 184 Å². The molecule has 0 radical (unpaired) electrons. The minimum atomic E-state index is 0.318. The van der Waals surface area contributed by atoms with Crippen molar-refractivity contribution in [2.45, 2.75) is 43.9 Å². The van der Waals surface area contributed by atoms with Crippen molar-refractivity contribution in [3.63, 3.8) is 0 Å². The van der Waals surface area contributed by atoms with Crippen LogP contribution in [0.3, 0.4) is 0 Å². The predicted octanol–water partition coefficient (Wildman–Crippen LogP) is 7.28. The van der Waals surface area contributed by atoms with Gasteiger partial charge in [0.15, 0.2) is 0 Å². The number of hydrogen-bond donors (Lipinski definition) is 1. The molecule has 4 saturated carbocycles. The second kappa shape index (κ2) is 7.37. The van der Waals surface area contributed by atoms with Gasteiger partial charge >= 0.3 is 0 Å². The molecule has 2 nitrogen and oxygen atoms in total. The maximum Gasteiger partial charge on any atom is 0.124 e. The fourth-order valence-corrected chi connectivity index (χ4v) is 6.97. The number of aromatic hydroxyl groups is 1. The van der Waals surface area contributed by atoms with Crippen LogP contribution >= 0.6 is 0 Å². The molecule has 156 valence electrons. The zero-order chi connectivity index (χ0) is 20.8. The largest absolute Gasteiger partial charge is 0.507 e. The van der Waals surface area contributed by atoms with Crippen LogP contribution in [-0.2, 0) is 5.41 Å². The number of nitrogens with zero attached hydrogens (tertiary/aromatic N) is 1. The van der Waals surface area contributed by atoms with Crippen LogP contribution in [0, 0.1) is 17.8 Å². The number of aliphatic imine (C=N–C) groups is 1. The molecule has 3 aromatic carbocycles. The lowest BCUT2D eigenvalue weighted by atomic mass is 9.48. The Morgan fingerprint density at radius 1 is 0.742 bits per heavy atom. The van der Waals surface area contributed by atoms with E-state index >= 15 is 0 Å². The van der Waals surface area contributed by atoms with Crippen LogP contribution < -0.4 is 0 Å². The number of hydrogen-bond acceptors (Lipinski definition) is 2. The monoisotopic (exact) mass is 407 g/mol. The summed E-state index contributed by atoms with van der Waals surface area (Å²) in [5, 5.41) is 10.5. The first-order chi connectivity index (χ1) is 15.2. The van der Waals surface area contributed by atoms with E-state index in [1.807, 2.05) is 30.5 Å². The summed E-state index contributed by atoms with van der Waals surface area (Å²) in [5.41, 5.74) is 5.89. The summed E-state index contributed by atoms with van der Waals surface area (Å²) in [4.78, 5) is 4.67. The highest BCUT2D eigenvalue weighted by atomic mass is 16.3. The highest BCUT2D eigenvalue weighted by Crippen LogP contribution is 2.60. The standard InChI is InChI=1S/C29H29NO/c31-28-11-8-26(29-16-20-12-21(17-29)14-22(13-20)18-29)15-25(28)19-30-27-9-6-24(7-10-27)23-4-2-1-3-5-23/h1-11,15,19-22,31H,12-14,16-18H2. The number of phenols is 1. The summed E-state index contributed by atoms with van der Waals surface area (Å²) in [7, 11) is 0. The van der Waals surface area contributed by atoms with Crippen LogP contribution in [0.2, 0.25) is 0 Å². The minimum Gasteiger partial charge on any atom is -0.507 e. The van der Waals surface area contributed by atoms with Gasteiger partial charge in [0.2, 0.25) is 0 Å².